The summed E-state index contributed by atoms with van der Waals surface area (Å²) in [5.41, 5.74) is 2.09. The number of aliphatic hydroxyl groups excluding tert-OH is 1. The Bertz CT molecular complexity index is 1020. The highest BCUT2D eigenvalue weighted by atomic mass is 16.5. The van der Waals surface area contributed by atoms with Crippen molar-refractivity contribution < 1.29 is 9.84 Å². The van der Waals surface area contributed by atoms with E-state index in [0.29, 0.717) is 24.6 Å². The van der Waals surface area contributed by atoms with Crippen LogP contribution in [0.4, 0.5) is 11.8 Å². The predicted molar refractivity (Wildman–Crippen MR) is 129 cm³/mol. The second-order valence-corrected chi connectivity index (χ2v) is 8.54. The van der Waals surface area contributed by atoms with Gasteiger partial charge in [0, 0.05) is 43.7 Å². The summed E-state index contributed by atoms with van der Waals surface area (Å²) < 4.78 is 5.65. The summed E-state index contributed by atoms with van der Waals surface area (Å²) in [6, 6.07) is 17.0. The molecule has 0 radical (unpaired) electrons. The minimum Gasteiger partial charge on any atom is -0.491 e. The highest BCUT2D eigenvalue weighted by Crippen LogP contribution is 2.27. The lowest BCUT2D eigenvalue weighted by atomic mass is 9.91. The molecule has 7 heteroatoms. The molecule has 1 heterocycles. The Balaban J connectivity index is 1.32. The van der Waals surface area contributed by atoms with Crippen molar-refractivity contribution in [1.29, 1.82) is 0 Å². The second-order valence-electron chi connectivity index (χ2n) is 8.54. The average Bonchev–Trinajstić information content (AvgIpc) is 2.82. The molecule has 1 saturated carbocycles. The number of hydrogen-bond donors (Lipinski definition) is 3. The molecule has 0 bridgehead atoms. The molecular formula is C25H33N5O2. The summed E-state index contributed by atoms with van der Waals surface area (Å²) in [4.78, 5) is 11.6. The molecule has 1 fully saturated rings. The Morgan fingerprint density at radius 2 is 1.69 bits per heavy atom. The zero-order chi connectivity index (χ0) is 22.3. The zero-order valence-electron chi connectivity index (χ0n) is 18.9. The van der Waals surface area contributed by atoms with E-state index in [1.165, 1.54) is 0 Å². The van der Waals surface area contributed by atoms with Crippen molar-refractivity contribution in [1.82, 2.24) is 15.3 Å². The molecule has 0 spiro atoms. The molecule has 7 nitrogen and oxygen atoms in total. The third-order valence-electron chi connectivity index (χ3n) is 5.97. The molecule has 0 atom stereocenters. The molecule has 170 valence electrons. The third-order valence-corrected chi connectivity index (χ3v) is 5.97. The maximum Gasteiger partial charge on any atom is 0.225 e. The van der Waals surface area contributed by atoms with Gasteiger partial charge < -0.3 is 25.4 Å². The van der Waals surface area contributed by atoms with E-state index in [9.17, 15) is 0 Å². The van der Waals surface area contributed by atoms with Crippen LogP contribution < -0.4 is 20.3 Å². The number of benzene rings is 2. The normalized spacial score (nSPS) is 18.5. The van der Waals surface area contributed by atoms with Crippen LogP contribution in [0.1, 0.15) is 31.2 Å². The maximum atomic E-state index is 9.02. The summed E-state index contributed by atoms with van der Waals surface area (Å²) in [6.07, 6.45) is 4.36. The number of fused-ring (bicyclic) bond motifs is 1. The number of ether oxygens (including phenoxy) is 1. The smallest absolute Gasteiger partial charge is 0.225 e. The standard InChI is InChI=1S/C25H33N5O2/c1-30(2)24-21-8-4-5-9-22(21)28-25(29-24)27-20-13-11-19(12-14-20)26-17-18-7-3-6-10-23(18)32-16-15-31/h3-10,19-20,26,31H,11-17H2,1-2H3,(H,27,28,29)/t19-,20+. The van der Waals surface area contributed by atoms with Gasteiger partial charge in [-0.05, 0) is 43.9 Å². The predicted octanol–water partition coefficient (Wildman–Crippen LogP) is 3.58. The van der Waals surface area contributed by atoms with E-state index in [0.717, 1.165) is 60.3 Å². The fraction of sp³-hybridized carbons (Fsp3) is 0.440. The van der Waals surface area contributed by atoms with Crippen molar-refractivity contribution in [3.63, 3.8) is 0 Å². The topological polar surface area (TPSA) is 82.5 Å². The number of nitrogens with one attached hydrogen (secondary N) is 2. The molecule has 1 aliphatic rings. The van der Waals surface area contributed by atoms with Crippen LogP contribution in [0.25, 0.3) is 10.9 Å². The number of hydrogen-bond acceptors (Lipinski definition) is 7. The number of aromatic nitrogens is 2. The molecule has 32 heavy (non-hydrogen) atoms. The third kappa shape index (κ3) is 5.47. The molecule has 3 N–H and O–H groups in total. The van der Waals surface area contributed by atoms with Gasteiger partial charge in [-0.25, -0.2) is 4.98 Å². The fourth-order valence-corrected chi connectivity index (χ4v) is 4.29. The Labute approximate surface area is 189 Å². The molecule has 0 aliphatic heterocycles. The van der Waals surface area contributed by atoms with Crippen molar-refractivity contribution in [2.45, 2.75) is 44.3 Å². The highest BCUT2D eigenvalue weighted by Gasteiger charge is 2.22. The van der Waals surface area contributed by atoms with Gasteiger partial charge >= 0.3 is 0 Å². The summed E-state index contributed by atoms with van der Waals surface area (Å²) in [6.45, 7) is 1.11. The van der Waals surface area contributed by atoms with Crippen LogP contribution in [-0.2, 0) is 6.54 Å². The largest absolute Gasteiger partial charge is 0.491 e. The average molecular weight is 436 g/mol. The number of anilines is 2. The van der Waals surface area contributed by atoms with Gasteiger partial charge in [0.2, 0.25) is 5.95 Å². The molecule has 0 amide bonds. The molecule has 1 aromatic heterocycles. The Morgan fingerprint density at radius 1 is 0.969 bits per heavy atom. The number of aliphatic hydroxyl groups is 1. The minimum absolute atomic E-state index is 0.0235. The van der Waals surface area contributed by atoms with Gasteiger partial charge in [-0.3, -0.25) is 0 Å². The number of para-hydroxylation sites is 2. The molecule has 1 aliphatic carbocycles. The second kappa shape index (κ2) is 10.6. The van der Waals surface area contributed by atoms with Crippen LogP contribution in [-0.4, -0.2) is 54.5 Å². The van der Waals surface area contributed by atoms with Gasteiger partial charge in [0.15, 0.2) is 0 Å². The van der Waals surface area contributed by atoms with E-state index in [1.54, 1.807) is 0 Å². The monoisotopic (exact) mass is 435 g/mol. The van der Waals surface area contributed by atoms with Crippen LogP contribution in [0.2, 0.25) is 0 Å². The first-order chi connectivity index (χ1) is 15.6. The van der Waals surface area contributed by atoms with Gasteiger partial charge in [0.1, 0.15) is 18.2 Å². The Morgan fingerprint density at radius 3 is 2.47 bits per heavy atom. The van der Waals surface area contributed by atoms with Crippen molar-refractivity contribution in [2.75, 3.05) is 37.5 Å². The molecule has 0 saturated heterocycles. The molecule has 2 aromatic carbocycles. The van der Waals surface area contributed by atoms with E-state index in [1.807, 2.05) is 55.4 Å². The SMILES string of the molecule is CN(C)c1nc(N[C@H]2CC[C@@H](NCc3ccccc3OCCO)CC2)nc2ccccc12. The van der Waals surface area contributed by atoms with Gasteiger partial charge in [-0.1, -0.05) is 30.3 Å². The molecule has 4 rings (SSSR count). The van der Waals surface area contributed by atoms with Crippen LogP contribution in [0.3, 0.4) is 0 Å². The van der Waals surface area contributed by atoms with Gasteiger partial charge in [-0.15, -0.1) is 0 Å². The summed E-state index contributed by atoms with van der Waals surface area (Å²) in [7, 11) is 4.03. The number of nitrogens with zero attached hydrogens (tertiary/aromatic N) is 3. The van der Waals surface area contributed by atoms with Crippen LogP contribution >= 0.6 is 0 Å². The van der Waals surface area contributed by atoms with E-state index >= 15 is 0 Å². The lowest BCUT2D eigenvalue weighted by Crippen LogP contribution is -2.37. The minimum atomic E-state index is 0.0235. The summed E-state index contributed by atoms with van der Waals surface area (Å²) in [5.74, 6) is 2.49. The lowest BCUT2D eigenvalue weighted by Gasteiger charge is -2.30. The van der Waals surface area contributed by atoms with Crippen molar-refractivity contribution >= 4 is 22.7 Å². The fourth-order valence-electron chi connectivity index (χ4n) is 4.29. The quantitative estimate of drug-likeness (QED) is 0.474. The first kappa shape index (κ1) is 22.3. The van der Waals surface area contributed by atoms with Crippen molar-refractivity contribution in [3.05, 3.63) is 54.1 Å². The molecule has 3 aromatic rings. The van der Waals surface area contributed by atoms with E-state index in [4.69, 9.17) is 19.8 Å². The van der Waals surface area contributed by atoms with Crippen LogP contribution in [0.15, 0.2) is 48.5 Å². The molecule has 0 unspecified atom stereocenters. The summed E-state index contributed by atoms with van der Waals surface area (Å²) in [5, 5.41) is 17.3. The van der Waals surface area contributed by atoms with Gasteiger partial charge in [0.25, 0.3) is 0 Å². The van der Waals surface area contributed by atoms with Gasteiger partial charge in [0.05, 0.1) is 12.1 Å². The van der Waals surface area contributed by atoms with E-state index in [-0.39, 0.29) is 6.61 Å². The summed E-state index contributed by atoms with van der Waals surface area (Å²) >= 11 is 0. The van der Waals surface area contributed by atoms with Crippen molar-refractivity contribution in [2.24, 2.45) is 0 Å². The first-order valence-electron chi connectivity index (χ1n) is 11.4. The van der Waals surface area contributed by atoms with Crippen molar-refractivity contribution in [3.8, 4) is 5.75 Å². The zero-order valence-corrected chi connectivity index (χ0v) is 18.9. The van der Waals surface area contributed by atoms with E-state index in [2.05, 4.69) is 22.8 Å². The maximum absolute atomic E-state index is 9.02. The van der Waals surface area contributed by atoms with Gasteiger partial charge in [-0.2, -0.15) is 4.98 Å². The first-order valence-corrected chi connectivity index (χ1v) is 11.4. The Kier molecular flexibility index (Phi) is 7.39. The lowest BCUT2D eigenvalue weighted by molar-refractivity contribution is 0.200. The van der Waals surface area contributed by atoms with E-state index < -0.39 is 0 Å². The van der Waals surface area contributed by atoms with Crippen LogP contribution in [0.5, 0.6) is 5.75 Å². The number of rotatable bonds is 9. The highest BCUT2D eigenvalue weighted by molar-refractivity contribution is 5.90. The molecular weight excluding hydrogens is 402 g/mol. The Hall–Kier alpha value is -2.90. The van der Waals surface area contributed by atoms with Crippen LogP contribution in [0, 0.1) is 0 Å².